The van der Waals surface area contributed by atoms with Crippen LogP contribution < -0.4 is 5.32 Å². The minimum absolute atomic E-state index is 0.598. The van der Waals surface area contributed by atoms with E-state index in [-0.39, 0.29) is 0 Å². The Morgan fingerprint density at radius 3 is 2.63 bits per heavy atom. The fraction of sp³-hybridized carbons (Fsp3) is 0.562. The second-order valence-corrected chi connectivity index (χ2v) is 7.28. The Bertz CT molecular complexity index is 565. The Morgan fingerprint density at radius 2 is 1.89 bits per heavy atom. The number of nitrogens with zero attached hydrogens (tertiary/aromatic N) is 1. The standard InChI is InChI=1S/C16H22N2S/c1-10-4-5-15-14(9-10)18-16(19-15)17-13-7-11(2)6-12(3)8-13/h4-5,9,11-13H,6-8H2,1-3H3,(H,17,18). The van der Waals surface area contributed by atoms with Gasteiger partial charge in [0.1, 0.15) is 0 Å². The summed E-state index contributed by atoms with van der Waals surface area (Å²) in [5.41, 5.74) is 2.41. The van der Waals surface area contributed by atoms with Crippen molar-refractivity contribution < 1.29 is 0 Å². The van der Waals surface area contributed by atoms with Gasteiger partial charge in [-0.05, 0) is 55.7 Å². The predicted octanol–water partition coefficient (Wildman–Crippen LogP) is 4.84. The normalized spacial score (nSPS) is 27.6. The maximum absolute atomic E-state index is 4.73. The first-order chi connectivity index (χ1) is 9.10. The van der Waals surface area contributed by atoms with Gasteiger partial charge in [-0.2, -0.15) is 0 Å². The van der Waals surface area contributed by atoms with Crippen LogP contribution in [-0.2, 0) is 0 Å². The number of aromatic nitrogens is 1. The van der Waals surface area contributed by atoms with Gasteiger partial charge in [0.05, 0.1) is 10.2 Å². The largest absolute Gasteiger partial charge is 0.359 e. The van der Waals surface area contributed by atoms with Gasteiger partial charge in [-0.15, -0.1) is 0 Å². The molecular formula is C16H22N2S. The van der Waals surface area contributed by atoms with E-state index in [4.69, 9.17) is 4.98 Å². The summed E-state index contributed by atoms with van der Waals surface area (Å²) in [6.45, 7) is 6.86. The van der Waals surface area contributed by atoms with Gasteiger partial charge in [-0.25, -0.2) is 4.98 Å². The number of anilines is 1. The van der Waals surface area contributed by atoms with Crippen molar-refractivity contribution in [2.45, 2.75) is 46.1 Å². The number of hydrogen-bond donors (Lipinski definition) is 1. The van der Waals surface area contributed by atoms with Crippen LogP contribution in [0.1, 0.15) is 38.7 Å². The number of rotatable bonds is 2. The quantitative estimate of drug-likeness (QED) is 0.847. The molecule has 0 amide bonds. The molecule has 1 saturated carbocycles. The SMILES string of the molecule is Cc1ccc2sc(NC3CC(C)CC(C)C3)nc2c1. The van der Waals surface area contributed by atoms with E-state index in [0.717, 1.165) is 22.5 Å². The third-order valence-corrected chi connectivity index (χ3v) is 5.02. The Balaban J connectivity index is 1.77. The van der Waals surface area contributed by atoms with E-state index in [0.29, 0.717) is 6.04 Å². The van der Waals surface area contributed by atoms with Gasteiger partial charge in [-0.1, -0.05) is 31.3 Å². The van der Waals surface area contributed by atoms with E-state index in [2.05, 4.69) is 44.3 Å². The van der Waals surface area contributed by atoms with Gasteiger partial charge in [0.25, 0.3) is 0 Å². The Morgan fingerprint density at radius 1 is 1.16 bits per heavy atom. The van der Waals surface area contributed by atoms with Gasteiger partial charge in [-0.3, -0.25) is 0 Å². The highest BCUT2D eigenvalue weighted by atomic mass is 32.1. The molecule has 0 spiro atoms. The number of benzene rings is 1. The Kier molecular flexibility index (Phi) is 3.48. The van der Waals surface area contributed by atoms with Gasteiger partial charge in [0.2, 0.25) is 0 Å². The summed E-state index contributed by atoms with van der Waals surface area (Å²) >= 11 is 1.78. The number of fused-ring (bicyclic) bond motifs is 1. The molecular weight excluding hydrogens is 252 g/mol. The lowest BCUT2D eigenvalue weighted by molar-refractivity contribution is 0.281. The molecule has 1 heterocycles. The lowest BCUT2D eigenvalue weighted by atomic mass is 9.80. The minimum Gasteiger partial charge on any atom is -0.359 e. The fourth-order valence-corrected chi connectivity index (χ4v) is 4.26. The molecule has 2 nitrogen and oxygen atoms in total. The molecule has 0 radical (unpaired) electrons. The summed E-state index contributed by atoms with van der Waals surface area (Å²) in [6.07, 6.45) is 3.93. The highest BCUT2D eigenvalue weighted by molar-refractivity contribution is 7.22. The molecule has 1 aliphatic rings. The molecule has 2 unspecified atom stereocenters. The zero-order chi connectivity index (χ0) is 13.4. The summed E-state index contributed by atoms with van der Waals surface area (Å²) in [6, 6.07) is 7.11. The Hall–Kier alpha value is -1.09. The van der Waals surface area contributed by atoms with Crippen LogP contribution in [-0.4, -0.2) is 11.0 Å². The topological polar surface area (TPSA) is 24.9 Å². The number of thiazole rings is 1. The van der Waals surface area contributed by atoms with Crippen molar-refractivity contribution in [1.29, 1.82) is 0 Å². The average Bonchev–Trinajstić information content (AvgIpc) is 2.68. The van der Waals surface area contributed by atoms with E-state index < -0.39 is 0 Å². The van der Waals surface area contributed by atoms with E-state index in [1.54, 1.807) is 11.3 Å². The molecule has 0 saturated heterocycles. The molecule has 1 fully saturated rings. The van der Waals surface area contributed by atoms with Crippen molar-refractivity contribution in [3.05, 3.63) is 23.8 Å². The summed E-state index contributed by atoms with van der Waals surface area (Å²) in [5.74, 6) is 1.66. The lowest BCUT2D eigenvalue weighted by Gasteiger charge is -2.31. The molecule has 1 N–H and O–H groups in total. The molecule has 102 valence electrons. The van der Waals surface area contributed by atoms with E-state index in [9.17, 15) is 0 Å². The maximum Gasteiger partial charge on any atom is 0.184 e. The van der Waals surface area contributed by atoms with Gasteiger partial charge in [0.15, 0.2) is 5.13 Å². The van der Waals surface area contributed by atoms with Crippen LogP contribution in [0.4, 0.5) is 5.13 Å². The van der Waals surface area contributed by atoms with Crippen molar-refractivity contribution in [2.75, 3.05) is 5.32 Å². The molecule has 1 aliphatic carbocycles. The van der Waals surface area contributed by atoms with Crippen LogP contribution in [0, 0.1) is 18.8 Å². The first-order valence-corrected chi connectivity index (χ1v) is 8.05. The molecule has 2 aromatic rings. The van der Waals surface area contributed by atoms with Crippen molar-refractivity contribution >= 4 is 26.7 Å². The van der Waals surface area contributed by atoms with Crippen LogP contribution in [0.5, 0.6) is 0 Å². The van der Waals surface area contributed by atoms with E-state index >= 15 is 0 Å². The van der Waals surface area contributed by atoms with Crippen molar-refractivity contribution in [3.63, 3.8) is 0 Å². The molecule has 1 aromatic heterocycles. The molecule has 3 heteroatoms. The van der Waals surface area contributed by atoms with Crippen molar-refractivity contribution in [3.8, 4) is 0 Å². The summed E-state index contributed by atoms with van der Waals surface area (Å²) in [4.78, 5) is 4.73. The predicted molar refractivity (Wildman–Crippen MR) is 83.9 cm³/mol. The molecule has 2 atom stereocenters. The average molecular weight is 274 g/mol. The van der Waals surface area contributed by atoms with Crippen LogP contribution in [0.25, 0.3) is 10.2 Å². The highest BCUT2D eigenvalue weighted by Crippen LogP contribution is 2.33. The number of aryl methyl sites for hydroxylation is 1. The van der Waals surface area contributed by atoms with Crippen LogP contribution >= 0.6 is 11.3 Å². The molecule has 1 aromatic carbocycles. The van der Waals surface area contributed by atoms with Crippen molar-refractivity contribution in [1.82, 2.24) is 4.98 Å². The monoisotopic (exact) mass is 274 g/mol. The number of nitrogens with one attached hydrogen (secondary N) is 1. The lowest BCUT2D eigenvalue weighted by Crippen LogP contribution is -2.30. The Labute approximate surface area is 119 Å². The minimum atomic E-state index is 0.598. The summed E-state index contributed by atoms with van der Waals surface area (Å²) in [7, 11) is 0. The van der Waals surface area contributed by atoms with E-state index in [1.165, 1.54) is 29.5 Å². The first-order valence-electron chi connectivity index (χ1n) is 7.24. The van der Waals surface area contributed by atoms with Gasteiger partial charge in [0, 0.05) is 6.04 Å². The maximum atomic E-state index is 4.73. The zero-order valence-corrected chi connectivity index (χ0v) is 12.8. The van der Waals surface area contributed by atoms with Gasteiger partial charge < -0.3 is 5.32 Å². The van der Waals surface area contributed by atoms with Crippen LogP contribution in [0.2, 0.25) is 0 Å². The van der Waals surface area contributed by atoms with Crippen molar-refractivity contribution in [2.24, 2.45) is 11.8 Å². The van der Waals surface area contributed by atoms with Crippen LogP contribution in [0.3, 0.4) is 0 Å². The molecule has 3 rings (SSSR count). The fourth-order valence-electron chi connectivity index (χ4n) is 3.34. The van der Waals surface area contributed by atoms with Gasteiger partial charge >= 0.3 is 0 Å². The summed E-state index contributed by atoms with van der Waals surface area (Å²) in [5, 5.41) is 4.75. The first kappa shape index (κ1) is 12.9. The zero-order valence-electron chi connectivity index (χ0n) is 11.9. The summed E-state index contributed by atoms with van der Waals surface area (Å²) < 4.78 is 1.28. The highest BCUT2D eigenvalue weighted by Gasteiger charge is 2.24. The molecule has 0 aliphatic heterocycles. The third kappa shape index (κ3) is 2.92. The smallest absolute Gasteiger partial charge is 0.184 e. The van der Waals surface area contributed by atoms with E-state index in [1.807, 2.05) is 0 Å². The molecule has 19 heavy (non-hydrogen) atoms. The molecule has 0 bridgehead atoms. The van der Waals surface area contributed by atoms with Crippen LogP contribution in [0.15, 0.2) is 18.2 Å². The second-order valence-electron chi connectivity index (χ2n) is 6.25. The second kappa shape index (κ2) is 5.12. The number of hydrogen-bond acceptors (Lipinski definition) is 3. The third-order valence-electron chi connectivity index (χ3n) is 4.05.